The fraction of sp³-hybridized carbons (Fsp3) is 0.667. The summed E-state index contributed by atoms with van der Waals surface area (Å²) in [5.74, 6) is 0.656. The Bertz CT molecular complexity index is 563. The van der Waals surface area contributed by atoms with Gasteiger partial charge >= 0.3 is 0 Å². The summed E-state index contributed by atoms with van der Waals surface area (Å²) in [5, 5.41) is 7.43. The number of imidazole rings is 1. The molecule has 2 heterocycles. The maximum atomic E-state index is 4.80. The fourth-order valence-corrected chi connectivity index (χ4v) is 3.59. The number of fused-ring (bicyclic) bond motifs is 1. The van der Waals surface area contributed by atoms with Crippen LogP contribution in [0.3, 0.4) is 0 Å². The highest BCUT2D eigenvalue weighted by Crippen LogP contribution is 2.32. The van der Waals surface area contributed by atoms with E-state index in [1.165, 1.54) is 10.7 Å². The van der Waals surface area contributed by atoms with E-state index in [4.69, 9.17) is 4.98 Å². The number of aromatic nitrogens is 2. The van der Waals surface area contributed by atoms with Crippen molar-refractivity contribution in [2.45, 2.75) is 63.9 Å². The molecule has 0 spiro atoms. The lowest BCUT2D eigenvalue weighted by atomic mass is 10.1. The van der Waals surface area contributed by atoms with Gasteiger partial charge < -0.3 is 5.32 Å². The second-order valence-electron chi connectivity index (χ2n) is 6.59. The van der Waals surface area contributed by atoms with Gasteiger partial charge in [-0.25, -0.2) is 4.98 Å². The van der Waals surface area contributed by atoms with E-state index in [1.807, 2.05) is 11.8 Å². The van der Waals surface area contributed by atoms with Crippen LogP contribution in [0.2, 0.25) is 0 Å². The van der Waals surface area contributed by atoms with Crippen LogP contribution >= 0.6 is 23.1 Å². The molecule has 0 saturated heterocycles. The van der Waals surface area contributed by atoms with Crippen molar-refractivity contribution in [3.8, 4) is 0 Å². The third-order valence-electron chi connectivity index (χ3n) is 3.35. The molecule has 0 bridgehead atoms. The van der Waals surface area contributed by atoms with Gasteiger partial charge in [0.15, 0.2) is 4.96 Å². The molecule has 0 aliphatic carbocycles. The quantitative estimate of drug-likeness (QED) is 0.829. The van der Waals surface area contributed by atoms with Crippen LogP contribution in [0.15, 0.2) is 16.6 Å². The molecule has 20 heavy (non-hydrogen) atoms. The summed E-state index contributed by atoms with van der Waals surface area (Å²) in [6.45, 7) is 14.3. The molecule has 1 N–H and O–H groups in total. The van der Waals surface area contributed by atoms with E-state index in [1.54, 1.807) is 11.3 Å². The molecule has 3 nitrogen and oxygen atoms in total. The predicted octanol–water partition coefficient (Wildman–Crippen LogP) is 4.42. The number of rotatable bonds is 5. The molecule has 0 fully saturated rings. The van der Waals surface area contributed by atoms with Crippen LogP contribution in [-0.2, 0) is 6.54 Å². The smallest absolute Gasteiger partial charge is 0.194 e. The number of thioether (sulfide) groups is 1. The molecular weight excluding hydrogens is 286 g/mol. The molecule has 2 aromatic rings. The van der Waals surface area contributed by atoms with Crippen molar-refractivity contribution in [3.63, 3.8) is 0 Å². The Morgan fingerprint density at radius 2 is 2.05 bits per heavy atom. The van der Waals surface area contributed by atoms with Crippen molar-refractivity contribution in [3.05, 3.63) is 17.3 Å². The molecule has 1 atom stereocenters. The lowest BCUT2D eigenvalue weighted by Gasteiger charge is -2.21. The van der Waals surface area contributed by atoms with Gasteiger partial charge in [0.1, 0.15) is 5.03 Å². The van der Waals surface area contributed by atoms with Gasteiger partial charge in [0.2, 0.25) is 0 Å². The maximum Gasteiger partial charge on any atom is 0.194 e. The summed E-state index contributed by atoms with van der Waals surface area (Å²) in [6.07, 6.45) is 2.12. The summed E-state index contributed by atoms with van der Waals surface area (Å²) in [6, 6.07) is 0. The Morgan fingerprint density at radius 1 is 1.35 bits per heavy atom. The lowest BCUT2D eigenvalue weighted by Crippen LogP contribution is -2.35. The van der Waals surface area contributed by atoms with E-state index >= 15 is 0 Å². The van der Waals surface area contributed by atoms with E-state index in [-0.39, 0.29) is 5.54 Å². The zero-order valence-electron chi connectivity index (χ0n) is 13.2. The van der Waals surface area contributed by atoms with E-state index in [0.29, 0.717) is 11.2 Å². The number of hydrogen-bond acceptors (Lipinski definition) is 4. The van der Waals surface area contributed by atoms with Crippen LogP contribution in [0.5, 0.6) is 0 Å². The van der Waals surface area contributed by atoms with Crippen LogP contribution in [-0.4, -0.2) is 20.2 Å². The summed E-state index contributed by atoms with van der Waals surface area (Å²) >= 11 is 3.60. The minimum absolute atomic E-state index is 0.117. The first-order valence-corrected chi connectivity index (χ1v) is 8.90. The first kappa shape index (κ1) is 15.9. The highest BCUT2D eigenvalue weighted by Gasteiger charge is 2.19. The number of hydrogen-bond donors (Lipinski definition) is 1. The molecule has 0 radical (unpaired) electrons. The van der Waals surface area contributed by atoms with Crippen molar-refractivity contribution in [2.24, 2.45) is 5.92 Å². The highest BCUT2D eigenvalue weighted by molar-refractivity contribution is 7.99. The van der Waals surface area contributed by atoms with Gasteiger partial charge in [0.25, 0.3) is 0 Å². The fourth-order valence-electron chi connectivity index (χ4n) is 1.73. The zero-order chi connectivity index (χ0) is 14.9. The first-order valence-electron chi connectivity index (χ1n) is 7.14. The number of nitrogens with one attached hydrogen (secondary N) is 1. The summed E-state index contributed by atoms with van der Waals surface area (Å²) in [7, 11) is 0. The molecule has 2 aromatic heterocycles. The van der Waals surface area contributed by atoms with Crippen molar-refractivity contribution in [1.29, 1.82) is 0 Å². The standard InChI is InChI=1S/C15H25N3S2/c1-10(2)11(3)20-13-12(9-16-15(4,5)6)18-7-8-19-14(18)17-13/h7-8,10-11,16H,9H2,1-6H3. The van der Waals surface area contributed by atoms with Crippen molar-refractivity contribution in [1.82, 2.24) is 14.7 Å². The Labute approximate surface area is 130 Å². The zero-order valence-corrected chi connectivity index (χ0v) is 14.9. The van der Waals surface area contributed by atoms with Gasteiger partial charge in [-0.15, -0.1) is 23.1 Å². The van der Waals surface area contributed by atoms with Gasteiger partial charge in [0, 0.05) is 28.9 Å². The van der Waals surface area contributed by atoms with Crippen molar-refractivity contribution in [2.75, 3.05) is 0 Å². The van der Waals surface area contributed by atoms with E-state index < -0.39 is 0 Å². The van der Waals surface area contributed by atoms with Gasteiger partial charge in [0.05, 0.1) is 5.69 Å². The summed E-state index contributed by atoms with van der Waals surface area (Å²) < 4.78 is 2.22. The average Bonchev–Trinajstić information content (AvgIpc) is 2.85. The van der Waals surface area contributed by atoms with E-state index in [9.17, 15) is 0 Å². The molecule has 5 heteroatoms. The largest absolute Gasteiger partial charge is 0.306 e. The van der Waals surface area contributed by atoms with Gasteiger partial charge in [-0.1, -0.05) is 20.8 Å². The van der Waals surface area contributed by atoms with Crippen molar-refractivity contribution >= 4 is 28.1 Å². The van der Waals surface area contributed by atoms with Crippen LogP contribution < -0.4 is 5.32 Å². The second kappa shape index (κ2) is 6.08. The Morgan fingerprint density at radius 3 is 2.65 bits per heavy atom. The molecule has 1 unspecified atom stereocenters. The van der Waals surface area contributed by atoms with Crippen LogP contribution in [0, 0.1) is 5.92 Å². The van der Waals surface area contributed by atoms with Gasteiger partial charge in [-0.05, 0) is 26.7 Å². The third kappa shape index (κ3) is 3.77. The first-order chi connectivity index (χ1) is 9.28. The summed E-state index contributed by atoms with van der Waals surface area (Å²) in [4.78, 5) is 5.89. The lowest BCUT2D eigenvalue weighted by molar-refractivity contribution is 0.418. The monoisotopic (exact) mass is 311 g/mol. The second-order valence-corrected chi connectivity index (χ2v) is 8.83. The normalized spacial score (nSPS) is 14.3. The average molecular weight is 312 g/mol. The third-order valence-corrected chi connectivity index (χ3v) is 5.57. The van der Waals surface area contributed by atoms with E-state index in [2.05, 4.69) is 62.8 Å². The Hall–Kier alpha value is -0.520. The molecule has 0 amide bonds. The molecule has 0 aliphatic rings. The Kier molecular flexibility index (Phi) is 4.82. The number of thiazole rings is 1. The minimum atomic E-state index is 0.117. The SMILES string of the molecule is CC(C)C(C)Sc1nc2sccn2c1CNC(C)(C)C. The number of nitrogens with zero attached hydrogens (tertiary/aromatic N) is 2. The van der Waals surface area contributed by atoms with Crippen LogP contribution in [0.1, 0.15) is 47.2 Å². The molecule has 0 saturated carbocycles. The molecular formula is C15H25N3S2. The minimum Gasteiger partial charge on any atom is -0.306 e. The molecule has 112 valence electrons. The molecule has 0 aromatic carbocycles. The Balaban J connectivity index is 2.26. The summed E-state index contributed by atoms with van der Waals surface area (Å²) in [5.41, 5.74) is 1.40. The molecule has 2 rings (SSSR count). The highest BCUT2D eigenvalue weighted by atomic mass is 32.2. The van der Waals surface area contributed by atoms with Gasteiger partial charge in [-0.3, -0.25) is 4.40 Å². The van der Waals surface area contributed by atoms with E-state index in [0.717, 1.165) is 11.5 Å². The maximum absolute atomic E-state index is 4.80. The predicted molar refractivity (Wildman–Crippen MR) is 89.8 cm³/mol. The van der Waals surface area contributed by atoms with Crippen molar-refractivity contribution < 1.29 is 0 Å². The topological polar surface area (TPSA) is 29.3 Å². The van der Waals surface area contributed by atoms with Crippen LogP contribution in [0.4, 0.5) is 0 Å². The van der Waals surface area contributed by atoms with Crippen LogP contribution in [0.25, 0.3) is 4.96 Å². The van der Waals surface area contributed by atoms with Gasteiger partial charge in [-0.2, -0.15) is 0 Å². The molecule has 0 aliphatic heterocycles.